The van der Waals surface area contributed by atoms with Crippen molar-refractivity contribution in [1.29, 1.82) is 0 Å². The van der Waals surface area contributed by atoms with Gasteiger partial charge in [0.2, 0.25) is 0 Å². The molecule has 6 N–H and O–H groups in total. The number of hydrogen-bond acceptors (Lipinski definition) is 6. The average Bonchev–Trinajstić information content (AvgIpc) is 3.75. The van der Waals surface area contributed by atoms with Gasteiger partial charge in [-0.15, -0.1) is 0 Å². The van der Waals surface area contributed by atoms with E-state index in [0.29, 0.717) is 25.9 Å². The summed E-state index contributed by atoms with van der Waals surface area (Å²) in [6.45, 7) is 8.86. The number of hydrogen-bond donors (Lipinski definition) is 6. The Morgan fingerprint density at radius 1 is 0.627 bits per heavy atom. The molecule has 0 aliphatic carbocycles. The second-order valence-electron chi connectivity index (χ2n) is 13.4. The van der Waals surface area contributed by atoms with Gasteiger partial charge in [0.15, 0.2) is 12.2 Å². The maximum absolute atomic E-state index is 13.2. The van der Waals surface area contributed by atoms with Crippen molar-refractivity contribution in [2.24, 2.45) is 11.8 Å². The molecule has 0 saturated carbocycles. The molecule has 2 heterocycles. The Kier molecular flexibility index (Phi) is 12.6. The number of amides is 4. The van der Waals surface area contributed by atoms with Gasteiger partial charge in [0.1, 0.15) is 0 Å². The highest BCUT2D eigenvalue weighted by molar-refractivity contribution is 5.99. The molecular formula is C39H46N6O6. The topological polar surface area (TPSA) is 166 Å². The van der Waals surface area contributed by atoms with Crippen LogP contribution in [0.4, 0.5) is 0 Å². The van der Waals surface area contributed by atoms with E-state index in [4.69, 9.17) is 9.68 Å². The van der Waals surface area contributed by atoms with Gasteiger partial charge in [-0.2, -0.15) is 0 Å². The standard InChI is InChI=1S/C39H46N6O6/c1-24(2)20-42-38(48)34(17-16-28-22-40-32-14-7-5-12-30(28)32)50-44-36(46)26-10-9-11-27(18-26)37(47)45-51-35(39(49)43-21-25(3)4)19-29-23-41-33-15-8-6-13-31(29)33/h5-15,18,22-25,34-35,40-41H,16-17,19-21H2,1-4H3,(H,42,48)(H,43,49)(H,44,46)(H,45,47)/t34-,35-/m0/s1. The van der Waals surface area contributed by atoms with Crippen molar-refractivity contribution in [3.63, 3.8) is 0 Å². The average molecular weight is 695 g/mol. The van der Waals surface area contributed by atoms with E-state index in [1.54, 1.807) is 6.07 Å². The van der Waals surface area contributed by atoms with Crippen LogP contribution in [0.5, 0.6) is 0 Å². The molecule has 0 bridgehead atoms. The Balaban J connectivity index is 1.22. The number of aryl methyl sites for hydroxylation is 1. The molecule has 0 unspecified atom stereocenters. The van der Waals surface area contributed by atoms with Gasteiger partial charge in [-0.1, -0.05) is 70.2 Å². The maximum Gasteiger partial charge on any atom is 0.274 e. The molecule has 0 radical (unpaired) electrons. The van der Waals surface area contributed by atoms with E-state index in [1.165, 1.54) is 18.2 Å². The van der Waals surface area contributed by atoms with E-state index in [1.807, 2.05) is 88.6 Å². The molecule has 5 rings (SSSR count). The van der Waals surface area contributed by atoms with Crippen LogP contribution in [-0.2, 0) is 32.1 Å². The Hall–Kier alpha value is -5.46. The fourth-order valence-electron chi connectivity index (χ4n) is 5.56. The number of carbonyl (C=O) groups is 4. The molecular weight excluding hydrogens is 648 g/mol. The first kappa shape index (κ1) is 36.8. The van der Waals surface area contributed by atoms with E-state index in [-0.39, 0.29) is 41.2 Å². The van der Waals surface area contributed by atoms with Gasteiger partial charge in [0.25, 0.3) is 23.6 Å². The van der Waals surface area contributed by atoms with Crippen molar-refractivity contribution in [1.82, 2.24) is 31.6 Å². The quantitative estimate of drug-likeness (QED) is 0.0739. The van der Waals surface area contributed by atoms with Gasteiger partial charge >= 0.3 is 0 Å². The number of benzene rings is 3. The SMILES string of the molecule is CC(C)CNC(=O)[C@H](CCc1c[nH]c2ccccc12)ONC(=O)c1cccc(C(=O)NO[C@@H](Cc2c[nH]c3ccccc23)C(=O)NCC(C)C)c1. The fourth-order valence-corrected chi connectivity index (χ4v) is 5.56. The van der Waals surface area contributed by atoms with Gasteiger partial charge in [-0.25, -0.2) is 11.0 Å². The molecule has 3 aromatic carbocycles. The minimum absolute atomic E-state index is 0.127. The summed E-state index contributed by atoms with van der Waals surface area (Å²) in [6.07, 6.45) is 2.81. The lowest BCUT2D eigenvalue weighted by molar-refractivity contribution is -0.137. The van der Waals surface area contributed by atoms with Gasteiger partial charge in [0.05, 0.1) is 0 Å². The summed E-state index contributed by atoms with van der Waals surface area (Å²) in [4.78, 5) is 70.5. The minimum Gasteiger partial charge on any atom is -0.361 e. The monoisotopic (exact) mass is 694 g/mol. The molecule has 0 saturated heterocycles. The number of H-pyrrole nitrogens is 2. The lowest BCUT2D eigenvalue weighted by Crippen LogP contribution is -2.43. The number of para-hydroxylation sites is 2. The molecule has 2 aromatic heterocycles. The number of hydroxylamine groups is 2. The van der Waals surface area contributed by atoms with Crippen LogP contribution in [0, 0.1) is 11.8 Å². The number of aromatic amines is 2. The first-order chi connectivity index (χ1) is 24.6. The zero-order valence-electron chi connectivity index (χ0n) is 29.4. The summed E-state index contributed by atoms with van der Waals surface area (Å²) in [7, 11) is 0. The lowest BCUT2D eigenvalue weighted by Gasteiger charge is -2.19. The van der Waals surface area contributed by atoms with Crippen LogP contribution in [-0.4, -0.2) is 58.9 Å². The van der Waals surface area contributed by atoms with E-state index in [0.717, 1.165) is 32.9 Å². The number of carbonyl (C=O) groups excluding carboxylic acids is 4. The zero-order valence-corrected chi connectivity index (χ0v) is 29.4. The molecule has 12 heteroatoms. The van der Waals surface area contributed by atoms with E-state index < -0.39 is 24.0 Å². The van der Waals surface area contributed by atoms with Gasteiger partial charge in [-0.05, 0) is 66.1 Å². The van der Waals surface area contributed by atoms with E-state index >= 15 is 0 Å². The predicted octanol–water partition coefficient (Wildman–Crippen LogP) is 5.13. The first-order valence-electron chi connectivity index (χ1n) is 17.3. The summed E-state index contributed by atoms with van der Waals surface area (Å²) in [5, 5.41) is 7.77. The maximum atomic E-state index is 13.2. The zero-order chi connectivity index (χ0) is 36.3. The van der Waals surface area contributed by atoms with Crippen LogP contribution in [0.1, 0.15) is 66.0 Å². The molecule has 0 aliphatic heterocycles. The van der Waals surface area contributed by atoms with Crippen molar-refractivity contribution in [2.75, 3.05) is 13.1 Å². The highest BCUT2D eigenvalue weighted by atomic mass is 16.7. The van der Waals surface area contributed by atoms with Gasteiger partial charge in [-0.3, -0.25) is 28.9 Å². The van der Waals surface area contributed by atoms with Crippen molar-refractivity contribution < 1.29 is 28.9 Å². The molecule has 268 valence electrons. The number of aromatic nitrogens is 2. The number of nitrogens with one attached hydrogen (secondary N) is 6. The lowest BCUT2D eigenvalue weighted by atomic mass is 10.1. The van der Waals surface area contributed by atoms with Gasteiger partial charge < -0.3 is 20.6 Å². The second-order valence-corrected chi connectivity index (χ2v) is 13.4. The summed E-state index contributed by atoms with van der Waals surface area (Å²) in [5.74, 6) is -1.53. The van der Waals surface area contributed by atoms with Crippen LogP contribution in [0.25, 0.3) is 21.8 Å². The molecule has 0 aliphatic rings. The molecule has 0 fully saturated rings. The first-order valence-corrected chi connectivity index (χ1v) is 17.3. The van der Waals surface area contributed by atoms with Crippen LogP contribution in [0.2, 0.25) is 0 Å². The molecule has 4 amide bonds. The van der Waals surface area contributed by atoms with Crippen LogP contribution in [0.3, 0.4) is 0 Å². The van der Waals surface area contributed by atoms with Crippen LogP contribution < -0.4 is 21.6 Å². The largest absolute Gasteiger partial charge is 0.361 e. The Morgan fingerprint density at radius 3 is 1.69 bits per heavy atom. The predicted molar refractivity (Wildman–Crippen MR) is 195 cm³/mol. The highest BCUT2D eigenvalue weighted by Gasteiger charge is 2.25. The Labute approximate surface area is 297 Å². The van der Waals surface area contributed by atoms with Crippen LogP contribution in [0.15, 0.2) is 85.2 Å². The Bertz CT molecular complexity index is 1960. The highest BCUT2D eigenvalue weighted by Crippen LogP contribution is 2.21. The third kappa shape index (κ3) is 10.1. The smallest absolute Gasteiger partial charge is 0.274 e. The minimum atomic E-state index is -1.02. The van der Waals surface area contributed by atoms with Crippen molar-refractivity contribution in [3.05, 3.63) is 107 Å². The fraction of sp³-hybridized carbons (Fsp3) is 0.333. The van der Waals surface area contributed by atoms with E-state index in [2.05, 4.69) is 31.6 Å². The van der Waals surface area contributed by atoms with Crippen molar-refractivity contribution in [3.8, 4) is 0 Å². The molecule has 12 nitrogen and oxygen atoms in total. The summed E-state index contributed by atoms with van der Waals surface area (Å²) in [5.41, 5.74) is 8.87. The molecule has 2 atom stereocenters. The summed E-state index contributed by atoms with van der Waals surface area (Å²) >= 11 is 0. The van der Waals surface area contributed by atoms with Gasteiger partial charge in [0, 0.05) is 64.8 Å². The Morgan fingerprint density at radius 2 is 1.12 bits per heavy atom. The van der Waals surface area contributed by atoms with E-state index in [9.17, 15) is 19.2 Å². The second kappa shape index (κ2) is 17.5. The molecule has 51 heavy (non-hydrogen) atoms. The normalized spacial score (nSPS) is 12.6. The molecule has 5 aromatic rings. The van der Waals surface area contributed by atoms with Crippen molar-refractivity contribution in [2.45, 2.75) is 59.2 Å². The summed E-state index contributed by atoms with van der Waals surface area (Å²) in [6, 6.07) is 21.6. The number of fused-ring (bicyclic) bond motifs is 2. The summed E-state index contributed by atoms with van der Waals surface area (Å²) < 4.78 is 0. The van der Waals surface area contributed by atoms with Crippen LogP contribution >= 0.6 is 0 Å². The third-order valence-electron chi connectivity index (χ3n) is 8.36. The molecule has 0 spiro atoms. The number of rotatable bonds is 17. The van der Waals surface area contributed by atoms with Crippen molar-refractivity contribution >= 4 is 45.4 Å². The third-order valence-corrected chi connectivity index (χ3v) is 8.36.